The highest BCUT2D eigenvalue weighted by Crippen LogP contribution is 2.38. The SMILES string of the molecule is COc1cc(CNC(=O)COC(=O)[C@H]2C[C@@H]2C)ccc1OC(F)F. The molecule has 2 rings (SSSR count). The number of nitrogens with one attached hydrogen (secondary N) is 1. The third-order valence-corrected chi connectivity index (χ3v) is 3.69. The van der Waals surface area contributed by atoms with Crippen molar-refractivity contribution in [3.05, 3.63) is 23.8 Å². The molecule has 0 unspecified atom stereocenters. The van der Waals surface area contributed by atoms with E-state index in [1.807, 2.05) is 6.92 Å². The minimum atomic E-state index is -2.95. The van der Waals surface area contributed by atoms with Crippen LogP contribution in [0.3, 0.4) is 0 Å². The fourth-order valence-corrected chi connectivity index (χ4v) is 2.16. The first-order chi connectivity index (χ1) is 11.4. The Morgan fingerprint density at radius 3 is 2.62 bits per heavy atom. The van der Waals surface area contributed by atoms with Crippen molar-refractivity contribution >= 4 is 11.9 Å². The van der Waals surface area contributed by atoms with Crippen LogP contribution in [0.15, 0.2) is 18.2 Å². The van der Waals surface area contributed by atoms with Gasteiger partial charge in [-0.05, 0) is 30.0 Å². The minimum absolute atomic E-state index is 0.0879. The molecule has 1 aromatic rings. The molecule has 6 nitrogen and oxygen atoms in total. The van der Waals surface area contributed by atoms with E-state index in [2.05, 4.69) is 10.1 Å². The normalized spacial score (nSPS) is 18.9. The van der Waals surface area contributed by atoms with Crippen LogP contribution in [-0.4, -0.2) is 32.2 Å². The number of methoxy groups -OCH3 is 1. The van der Waals surface area contributed by atoms with Crippen LogP contribution in [0.5, 0.6) is 11.5 Å². The Balaban J connectivity index is 1.80. The van der Waals surface area contributed by atoms with Crippen molar-refractivity contribution in [1.29, 1.82) is 0 Å². The van der Waals surface area contributed by atoms with Gasteiger partial charge in [0, 0.05) is 6.54 Å². The Hall–Kier alpha value is -2.38. The molecule has 1 saturated carbocycles. The van der Waals surface area contributed by atoms with Crippen molar-refractivity contribution in [3.63, 3.8) is 0 Å². The fourth-order valence-electron chi connectivity index (χ4n) is 2.16. The molecule has 0 spiro atoms. The number of ether oxygens (including phenoxy) is 3. The Morgan fingerprint density at radius 1 is 1.33 bits per heavy atom. The smallest absolute Gasteiger partial charge is 0.387 e. The van der Waals surface area contributed by atoms with Crippen molar-refractivity contribution in [1.82, 2.24) is 5.32 Å². The molecule has 24 heavy (non-hydrogen) atoms. The summed E-state index contributed by atoms with van der Waals surface area (Å²) in [4.78, 5) is 23.2. The predicted octanol–water partition coefficient (Wildman–Crippen LogP) is 2.11. The number of carbonyl (C=O) groups excluding carboxylic acids is 2. The summed E-state index contributed by atoms with van der Waals surface area (Å²) in [6, 6.07) is 4.34. The first kappa shape index (κ1) is 18.0. The highest BCUT2D eigenvalue weighted by molar-refractivity contribution is 5.82. The summed E-state index contributed by atoms with van der Waals surface area (Å²) < 4.78 is 38.7. The van der Waals surface area contributed by atoms with Crippen LogP contribution >= 0.6 is 0 Å². The van der Waals surface area contributed by atoms with E-state index in [0.717, 1.165) is 6.42 Å². The second kappa shape index (κ2) is 7.94. The Bertz CT molecular complexity index is 608. The third kappa shape index (κ3) is 5.07. The summed E-state index contributed by atoms with van der Waals surface area (Å²) >= 11 is 0. The lowest BCUT2D eigenvalue weighted by Gasteiger charge is -2.12. The maximum absolute atomic E-state index is 12.3. The summed E-state index contributed by atoms with van der Waals surface area (Å²) in [6.07, 6.45) is 0.799. The molecule has 1 fully saturated rings. The molecule has 2 atom stereocenters. The zero-order valence-corrected chi connectivity index (χ0v) is 13.4. The van der Waals surface area contributed by atoms with Crippen molar-refractivity contribution in [3.8, 4) is 11.5 Å². The molecule has 0 aliphatic heterocycles. The molecule has 0 heterocycles. The van der Waals surface area contributed by atoms with Crippen LogP contribution in [0.2, 0.25) is 0 Å². The Morgan fingerprint density at radius 2 is 2.04 bits per heavy atom. The molecule has 8 heteroatoms. The van der Waals surface area contributed by atoms with Gasteiger partial charge < -0.3 is 19.5 Å². The van der Waals surface area contributed by atoms with Gasteiger partial charge in [0.1, 0.15) is 0 Å². The Labute approximate surface area is 138 Å². The van der Waals surface area contributed by atoms with Gasteiger partial charge in [0.15, 0.2) is 18.1 Å². The van der Waals surface area contributed by atoms with Crippen LogP contribution < -0.4 is 14.8 Å². The standard InChI is InChI=1S/C16H19F2NO5/c1-9-5-11(9)15(21)23-8-14(20)19-7-10-3-4-12(24-16(17)18)13(6-10)22-2/h3-4,6,9,11,16H,5,7-8H2,1-2H3,(H,19,20)/t9-,11-/m0/s1. The summed E-state index contributed by atoms with van der Waals surface area (Å²) in [5.41, 5.74) is 0.629. The number of alkyl halides is 2. The van der Waals surface area contributed by atoms with E-state index in [0.29, 0.717) is 11.5 Å². The van der Waals surface area contributed by atoms with E-state index >= 15 is 0 Å². The lowest BCUT2D eigenvalue weighted by molar-refractivity contribution is -0.150. The largest absolute Gasteiger partial charge is 0.493 e. The first-order valence-electron chi connectivity index (χ1n) is 7.45. The monoisotopic (exact) mass is 343 g/mol. The number of carbonyl (C=O) groups is 2. The number of rotatable bonds is 8. The second-order valence-corrected chi connectivity index (χ2v) is 5.57. The van der Waals surface area contributed by atoms with E-state index in [-0.39, 0.29) is 36.5 Å². The van der Waals surface area contributed by atoms with Crippen LogP contribution in [0.1, 0.15) is 18.9 Å². The molecule has 0 saturated heterocycles. The van der Waals surface area contributed by atoms with Gasteiger partial charge in [-0.15, -0.1) is 0 Å². The number of esters is 1. The molecular weight excluding hydrogens is 324 g/mol. The molecule has 1 N–H and O–H groups in total. The Kier molecular flexibility index (Phi) is 5.94. The zero-order chi connectivity index (χ0) is 17.7. The summed E-state index contributed by atoms with van der Waals surface area (Å²) in [6.45, 7) is -1.21. The van der Waals surface area contributed by atoms with E-state index < -0.39 is 12.5 Å². The van der Waals surface area contributed by atoms with E-state index in [9.17, 15) is 18.4 Å². The number of halogens is 2. The molecule has 132 valence electrons. The van der Waals surface area contributed by atoms with Gasteiger partial charge in [-0.25, -0.2) is 0 Å². The third-order valence-electron chi connectivity index (χ3n) is 3.69. The van der Waals surface area contributed by atoms with Gasteiger partial charge in [-0.3, -0.25) is 9.59 Å². The summed E-state index contributed by atoms with van der Waals surface area (Å²) in [5, 5.41) is 2.58. The number of amides is 1. The summed E-state index contributed by atoms with van der Waals surface area (Å²) in [5.74, 6) is -0.519. The van der Waals surface area contributed by atoms with Crippen molar-refractivity contribution in [2.75, 3.05) is 13.7 Å². The predicted molar refractivity (Wildman–Crippen MR) is 79.7 cm³/mol. The van der Waals surface area contributed by atoms with Crippen LogP contribution in [-0.2, 0) is 20.9 Å². The van der Waals surface area contributed by atoms with Gasteiger partial charge in [0.25, 0.3) is 5.91 Å². The number of hydrogen-bond donors (Lipinski definition) is 1. The molecule has 0 radical (unpaired) electrons. The molecule has 1 aromatic carbocycles. The fraction of sp³-hybridized carbons (Fsp3) is 0.500. The van der Waals surface area contributed by atoms with Gasteiger partial charge in [0.05, 0.1) is 13.0 Å². The van der Waals surface area contributed by atoms with Crippen molar-refractivity contribution in [2.45, 2.75) is 26.5 Å². The van der Waals surface area contributed by atoms with E-state index in [1.165, 1.54) is 25.3 Å². The average molecular weight is 343 g/mol. The molecule has 0 bridgehead atoms. The van der Waals surface area contributed by atoms with Crippen LogP contribution in [0, 0.1) is 11.8 Å². The maximum atomic E-state index is 12.3. The lowest BCUT2D eigenvalue weighted by atomic mass is 10.2. The van der Waals surface area contributed by atoms with Crippen LogP contribution in [0.4, 0.5) is 8.78 Å². The average Bonchev–Trinajstić information content (AvgIpc) is 3.28. The van der Waals surface area contributed by atoms with Gasteiger partial charge in [0.2, 0.25) is 0 Å². The lowest BCUT2D eigenvalue weighted by Crippen LogP contribution is -2.28. The van der Waals surface area contributed by atoms with Gasteiger partial charge in [-0.2, -0.15) is 8.78 Å². The number of benzene rings is 1. The minimum Gasteiger partial charge on any atom is -0.493 e. The quantitative estimate of drug-likeness (QED) is 0.732. The van der Waals surface area contributed by atoms with E-state index in [4.69, 9.17) is 9.47 Å². The van der Waals surface area contributed by atoms with Crippen LogP contribution in [0.25, 0.3) is 0 Å². The van der Waals surface area contributed by atoms with E-state index in [1.54, 1.807) is 0 Å². The molecule has 1 amide bonds. The molecule has 1 aliphatic carbocycles. The topological polar surface area (TPSA) is 73.9 Å². The highest BCUT2D eigenvalue weighted by atomic mass is 19.3. The molecule has 1 aliphatic rings. The van der Waals surface area contributed by atoms with Gasteiger partial charge in [-0.1, -0.05) is 13.0 Å². The van der Waals surface area contributed by atoms with Crippen molar-refractivity contribution < 1.29 is 32.6 Å². The highest BCUT2D eigenvalue weighted by Gasteiger charge is 2.40. The zero-order valence-electron chi connectivity index (χ0n) is 13.4. The number of hydrogen-bond acceptors (Lipinski definition) is 5. The first-order valence-corrected chi connectivity index (χ1v) is 7.45. The molecular formula is C16H19F2NO5. The van der Waals surface area contributed by atoms with Gasteiger partial charge >= 0.3 is 12.6 Å². The summed E-state index contributed by atoms with van der Waals surface area (Å²) in [7, 11) is 1.33. The molecule has 0 aromatic heterocycles. The van der Waals surface area contributed by atoms with Crippen molar-refractivity contribution in [2.24, 2.45) is 11.8 Å². The second-order valence-electron chi connectivity index (χ2n) is 5.57. The maximum Gasteiger partial charge on any atom is 0.387 e.